The predicted octanol–water partition coefficient (Wildman–Crippen LogP) is 3.37. The number of benzene rings is 3. The number of ether oxygens (including phenoxy) is 1. The summed E-state index contributed by atoms with van der Waals surface area (Å²) in [5, 5.41) is 9.65. The molecule has 3 aromatic rings. The molecule has 5 nitrogen and oxygen atoms in total. The standard InChI is InChI=1S/C24H21NO4/c25-24(22(26)27,14-16-8-2-1-3-9-16)23(28)29-15-21-19-12-6-4-10-17(19)18-11-5-7-13-20(18)21/h1-13,21H,14-15,25H2,(H,26,27)/t24-/m1/s1. The third-order valence-electron chi connectivity index (χ3n) is 5.42. The van der Waals surface area contributed by atoms with Gasteiger partial charge in [-0.3, -0.25) is 0 Å². The average Bonchev–Trinajstić information content (AvgIpc) is 3.06. The van der Waals surface area contributed by atoms with Crippen molar-refractivity contribution in [3.05, 3.63) is 95.6 Å². The third-order valence-corrected chi connectivity index (χ3v) is 5.42. The average molecular weight is 387 g/mol. The van der Waals surface area contributed by atoms with Crippen LogP contribution in [0.5, 0.6) is 0 Å². The SMILES string of the molecule is N[C@](Cc1ccccc1)(C(=O)O)C(=O)OCC1c2ccccc2-c2ccccc21. The molecule has 0 bridgehead atoms. The molecule has 1 aliphatic rings. The van der Waals surface area contributed by atoms with Crippen molar-refractivity contribution in [1.82, 2.24) is 0 Å². The zero-order chi connectivity index (χ0) is 20.4. The zero-order valence-corrected chi connectivity index (χ0v) is 15.7. The van der Waals surface area contributed by atoms with Crippen molar-refractivity contribution in [2.45, 2.75) is 17.9 Å². The first-order valence-corrected chi connectivity index (χ1v) is 9.42. The fourth-order valence-corrected chi connectivity index (χ4v) is 3.88. The minimum absolute atomic E-state index is 0.0356. The minimum Gasteiger partial charge on any atom is -0.479 e. The Morgan fingerprint density at radius 1 is 0.862 bits per heavy atom. The summed E-state index contributed by atoms with van der Waals surface area (Å²) in [6.45, 7) is 0.0356. The summed E-state index contributed by atoms with van der Waals surface area (Å²) in [6, 6.07) is 24.8. The van der Waals surface area contributed by atoms with Crippen LogP contribution in [0.15, 0.2) is 78.9 Å². The third kappa shape index (κ3) is 3.41. The van der Waals surface area contributed by atoms with E-state index in [1.165, 1.54) is 0 Å². The quantitative estimate of drug-likeness (QED) is 0.500. The molecule has 5 heteroatoms. The lowest BCUT2D eigenvalue weighted by Gasteiger charge is -2.24. The van der Waals surface area contributed by atoms with Crippen LogP contribution >= 0.6 is 0 Å². The molecule has 4 rings (SSSR count). The summed E-state index contributed by atoms with van der Waals surface area (Å²) in [5.41, 5.74) is 8.86. The summed E-state index contributed by atoms with van der Waals surface area (Å²) in [6.07, 6.45) is -0.139. The summed E-state index contributed by atoms with van der Waals surface area (Å²) in [5.74, 6) is -2.49. The van der Waals surface area contributed by atoms with Gasteiger partial charge in [-0.1, -0.05) is 78.9 Å². The van der Waals surface area contributed by atoms with Crippen LogP contribution < -0.4 is 5.73 Å². The Kier molecular flexibility index (Phi) is 4.91. The van der Waals surface area contributed by atoms with Gasteiger partial charge in [-0.2, -0.15) is 0 Å². The number of hydrogen-bond acceptors (Lipinski definition) is 4. The number of esters is 1. The Bertz CT molecular complexity index is 1020. The fourth-order valence-electron chi connectivity index (χ4n) is 3.88. The topological polar surface area (TPSA) is 89.6 Å². The van der Waals surface area contributed by atoms with Crippen LogP contribution in [0.2, 0.25) is 0 Å². The second kappa shape index (κ2) is 7.53. The zero-order valence-electron chi connectivity index (χ0n) is 15.7. The number of fused-ring (bicyclic) bond motifs is 3. The molecule has 146 valence electrons. The fraction of sp³-hybridized carbons (Fsp3) is 0.167. The van der Waals surface area contributed by atoms with E-state index >= 15 is 0 Å². The van der Waals surface area contributed by atoms with Crippen LogP contribution in [-0.2, 0) is 20.7 Å². The van der Waals surface area contributed by atoms with Gasteiger partial charge in [0.15, 0.2) is 0 Å². The molecular weight excluding hydrogens is 366 g/mol. The number of carboxylic acid groups (broad SMARTS) is 1. The van der Waals surface area contributed by atoms with Crippen molar-refractivity contribution < 1.29 is 19.4 Å². The molecule has 3 aromatic carbocycles. The van der Waals surface area contributed by atoms with Crippen LogP contribution in [0.1, 0.15) is 22.6 Å². The van der Waals surface area contributed by atoms with E-state index in [1.54, 1.807) is 24.3 Å². The molecule has 0 aliphatic heterocycles. The number of hydrogen-bond donors (Lipinski definition) is 2. The molecule has 1 aliphatic carbocycles. The van der Waals surface area contributed by atoms with E-state index < -0.39 is 17.5 Å². The molecular formula is C24H21NO4. The molecule has 0 saturated carbocycles. The predicted molar refractivity (Wildman–Crippen MR) is 109 cm³/mol. The van der Waals surface area contributed by atoms with Crippen molar-refractivity contribution in [3.8, 4) is 11.1 Å². The lowest BCUT2D eigenvalue weighted by atomic mass is 9.91. The second-order valence-electron chi connectivity index (χ2n) is 7.26. The Morgan fingerprint density at radius 2 is 1.38 bits per heavy atom. The first-order chi connectivity index (χ1) is 14.0. The number of carbonyl (C=O) groups is 2. The number of carbonyl (C=O) groups excluding carboxylic acids is 1. The molecule has 0 aromatic heterocycles. The summed E-state index contributed by atoms with van der Waals surface area (Å²) >= 11 is 0. The van der Waals surface area contributed by atoms with Gasteiger partial charge in [0.1, 0.15) is 6.61 Å². The van der Waals surface area contributed by atoms with E-state index in [0.29, 0.717) is 5.56 Å². The van der Waals surface area contributed by atoms with Crippen LogP contribution in [-0.4, -0.2) is 29.2 Å². The first kappa shape index (κ1) is 18.9. The Balaban J connectivity index is 1.56. The van der Waals surface area contributed by atoms with E-state index in [1.807, 2.05) is 54.6 Å². The number of carboxylic acids is 1. The second-order valence-corrected chi connectivity index (χ2v) is 7.26. The van der Waals surface area contributed by atoms with Crippen molar-refractivity contribution in [1.29, 1.82) is 0 Å². The highest BCUT2D eigenvalue weighted by molar-refractivity contribution is 6.04. The van der Waals surface area contributed by atoms with Gasteiger partial charge < -0.3 is 15.6 Å². The van der Waals surface area contributed by atoms with Crippen LogP contribution in [0.4, 0.5) is 0 Å². The summed E-state index contributed by atoms with van der Waals surface area (Å²) < 4.78 is 5.49. The van der Waals surface area contributed by atoms with Crippen LogP contribution in [0.3, 0.4) is 0 Å². The highest BCUT2D eigenvalue weighted by Crippen LogP contribution is 2.44. The molecule has 0 radical (unpaired) electrons. The maximum absolute atomic E-state index is 12.8. The van der Waals surface area contributed by atoms with E-state index in [9.17, 15) is 14.7 Å². The molecule has 3 N–H and O–H groups in total. The Morgan fingerprint density at radius 3 is 1.93 bits per heavy atom. The van der Waals surface area contributed by atoms with Crippen LogP contribution in [0.25, 0.3) is 11.1 Å². The highest BCUT2D eigenvalue weighted by Gasteiger charge is 2.44. The first-order valence-electron chi connectivity index (χ1n) is 9.42. The molecule has 0 heterocycles. The van der Waals surface area contributed by atoms with Gasteiger partial charge in [-0.15, -0.1) is 0 Å². The van der Waals surface area contributed by atoms with Gasteiger partial charge in [0.25, 0.3) is 0 Å². The molecule has 0 saturated heterocycles. The lowest BCUT2D eigenvalue weighted by Crippen LogP contribution is -2.57. The largest absolute Gasteiger partial charge is 0.479 e. The van der Waals surface area contributed by atoms with Gasteiger partial charge in [0.05, 0.1) is 0 Å². The molecule has 1 atom stereocenters. The van der Waals surface area contributed by atoms with Crippen LogP contribution in [0, 0.1) is 0 Å². The van der Waals surface area contributed by atoms with Gasteiger partial charge in [0.2, 0.25) is 5.54 Å². The van der Waals surface area contributed by atoms with E-state index in [2.05, 4.69) is 0 Å². The number of rotatable bonds is 6. The van der Waals surface area contributed by atoms with Gasteiger partial charge in [-0.25, -0.2) is 9.59 Å². The molecule has 0 amide bonds. The number of nitrogens with two attached hydrogens (primary N) is 1. The van der Waals surface area contributed by atoms with E-state index in [4.69, 9.17) is 10.5 Å². The van der Waals surface area contributed by atoms with E-state index in [0.717, 1.165) is 22.3 Å². The van der Waals surface area contributed by atoms with E-state index in [-0.39, 0.29) is 18.9 Å². The normalized spacial score (nSPS) is 14.5. The highest BCUT2D eigenvalue weighted by atomic mass is 16.5. The van der Waals surface area contributed by atoms with Crippen molar-refractivity contribution in [2.24, 2.45) is 5.73 Å². The number of aliphatic carboxylic acids is 1. The molecule has 0 unspecified atom stereocenters. The Hall–Kier alpha value is -3.44. The van der Waals surface area contributed by atoms with Crippen molar-refractivity contribution in [2.75, 3.05) is 6.61 Å². The smallest absolute Gasteiger partial charge is 0.338 e. The van der Waals surface area contributed by atoms with Gasteiger partial charge in [-0.05, 0) is 27.8 Å². The van der Waals surface area contributed by atoms with Crippen molar-refractivity contribution in [3.63, 3.8) is 0 Å². The lowest BCUT2D eigenvalue weighted by molar-refractivity contribution is -0.161. The van der Waals surface area contributed by atoms with Gasteiger partial charge >= 0.3 is 11.9 Å². The maximum atomic E-state index is 12.8. The summed E-state index contributed by atoms with van der Waals surface area (Å²) in [4.78, 5) is 24.6. The monoisotopic (exact) mass is 387 g/mol. The Labute approximate surface area is 168 Å². The molecule has 29 heavy (non-hydrogen) atoms. The van der Waals surface area contributed by atoms with Crippen molar-refractivity contribution >= 4 is 11.9 Å². The van der Waals surface area contributed by atoms with Gasteiger partial charge in [0, 0.05) is 12.3 Å². The summed E-state index contributed by atoms with van der Waals surface area (Å²) in [7, 11) is 0. The molecule has 0 fully saturated rings. The minimum atomic E-state index is -2.14. The maximum Gasteiger partial charge on any atom is 0.338 e. The molecule has 0 spiro atoms.